The van der Waals surface area contributed by atoms with Crippen molar-refractivity contribution in [3.05, 3.63) is 175 Å². The predicted octanol–water partition coefficient (Wildman–Crippen LogP) is 11.7. The van der Waals surface area contributed by atoms with Gasteiger partial charge in [-0.15, -0.1) is 0 Å². The fraction of sp³-hybridized carbons (Fsp3) is 0.0652. The lowest BCUT2D eigenvalue weighted by molar-refractivity contribution is 0.661. The van der Waals surface area contributed by atoms with Gasteiger partial charge in [-0.25, -0.2) is 9.97 Å². The van der Waals surface area contributed by atoms with E-state index >= 15 is 0 Å². The zero-order valence-corrected chi connectivity index (χ0v) is 27.4. The van der Waals surface area contributed by atoms with Gasteiger partial charge in [-0.2, -0.15) is 0 Å². The van der Waals surface area contributed by atoms with Gasteiger partial charge in [0.15, 0.2) is 5.82 Å². The molecule has 0 radical (unpaired) electrons. The topological polar surface area (TPSA) is 38.7 Å². The SMILES string of the molecule is CC1(C)c2cccc(-c3cccc(-c4cc(-c5ccccc5)nc(-c5ccc(-c6ccccc6)nc5)n4)c3)c2-c2c1ccc1ccccc21. The highest BCUT2D eigenvalue weighted by Gasteiger charge is 2.37. The van der Waals surface area contributed by atoms with Gasteiger partial charge in [0, 0.05) is 33.9 Å². The number of aromatic nitrogens is 3. The number of hydrogen-bond acceptors (Lipinski definition) is 3. The minimum atomic E-state index is -0.0987. The van der Waals surface area contributed by atoms with Gasteiger partial charge in [0.25, 0.3) is 0 Å². The van der Waals surface area contributed by atoms with Crippen LogP contribution in [0.25, 0.3) is 78.2 Å². The Hall–Kier alpha value is -6.19. The lowest BCUT2D eigenvalue weighted by atomic mass is 9.81. The Morgan fingerprint density at radius 2 is 1.06 bits per heavy atom. The molecule has 0 unspecified atom stereocenters. The molecule has 0 fully saturated rings. The quantitative estimate of drug-likeness (QED) is 0.191. The first kappa shape index (κ1) is 29.0. The van der Waals surface area contributed by atoms with Crippen LogP contribution in [0.3, 0.4) is 0 Å². The Labute approximate surface area is 286 Å². The Bertz CT molecular complexity index is 2500. The van der Waals surface area contributed by atoms with Crippen molar-refractivity contribution in [1.82, 2.24) is 15.0 Å². The molecule has 49 heavy (non-hydrogen) atoms. The molecular weight excluding hydrogens is 595 g/mol. The van der Waals surface area contributed by atoms with Crippen molar-refractivity contribution >= 4 is 10.8 Å². The van der Waals surface area contributed by atoms with E-state index in [-0.39, 0.29) is 5.41 Å². The van der Waals surface area contributed by atoms with Crippen molar-refractivity contribution in [3.63, 3.8) is 0 Å². The van der Waals surface area contributed by atoms with Crippen LogP contribution in [-0.4, -0.2) is 15.0 Å². The van der Waals surface area contributed by atoms with Crippen molar-refractivity contribution in [2.75, 3.05) is 0 Å². The van der Waals surface area contributed by atoms with Crippen LogP contribution in [0.15, 0.2) is 164 Å². The van der Waals surface area contributed by atoms with E-state index in [9.17, 15) is 0 Å². The van der Waals surface area contributed by atoms with E-state index in [1.807, 2.05) is 48.7 Å². The summed E-state index contributed by atoms with van der Waals surface area (Å²) in [6.07, 6.45) is 1.88. The molecule has 0 N–H and O–H groups in total. The van der Waals surface area contributed by atoms with Crippen molar-refractivity contribution in [1.29, 1.82) is 0 Å². The molecule has 9 rings (SSSR count). The summed E-state index contributed by atoms with van der Waals surface area (Å²) in [6, 6.07) is 55.7. The van der Waals surface area contributed by atoms with E-state index in [0.717, 1.165) is 39.3 Å². The summed E-state index contributed by atoms with van der Waals surface area (Å²) >= 11 is 0. The van der Waals surface area contributed by atoms with Gasteiger partial charge < -0.3 is 0 Å². The summed E-state index contributed by atoms with van der Waals surface area (Å²) in [5, 5.41) is 2.57. The fourth-order valence-corrected chi connectivity index (χ4v) is 7.42. The number of rotatable bonds is 5. The van der Waals surface area contributed by atoms with Crippen LogP contribution in [0.4, 0.5) is 0 Å². The lowest BCUT2D eigenvalue weighted by Crippen LogP contribution is -2.14. The highest BCUT2D eigenvalue weighted by atomic mass is 14.9. The first-order valence-corrected chi connectivity index (χ1v) is 16.8. The predicted molar refractivity (Wildman–Crippen MR) is 202 cm³/mol. The first-order valence-electron chi connectivity index (χ1n) is 16.8. The normalized spacial score (nSPS) is 12.9. The van der Waals surface area contributed by atoms with Gasteiger partial charge in [-0.1, -0.05) is 147 Å². The summed E-state index contributed by atoms with van der Waals surface area (Å²) in [5.41, 5.74) is 14.4. The van der Waals surface area contributed by atoms with Gasteiger partial charge in [0.2, 0.25) is 0 Å². The smallest absolute Gasteiger partial charge is 0.161 e. The molecule has 2 heterocycles. The second-order valence-corrected chi connectivity index (χ2v) is 13.3. The van der Waals surface area contributed by atoms with E-state index < -0.39 is 0 Å². The fourth-order valence-electron chi connectivity index (χ4n) is 7.42. The molecule has 6 aromatic carbocycles. The number of hydrogen-bond donors (Lipinski definition) is 0. The maximum absolute atomic E-state index is 5.16. The van der Waals surface area contributed by atoms with E-state index in [4.69, 9.17) is 15.0 Å². The summed E-state index contributed by atoms with van der Waals surface area (Å²) in [6.45, 7) is 4.70. The highest BCUT2D eigenvalue weighted by molar-refractivity contribution is 6.06. The summed E-state index contributed by atoms with van der Waals surface area (Å²) < 4.78 is 0. The number of pyridine rings is 1. The van der Waals surface area contributed by atoms with Crippen LogP contribution in [0, 0.1) is 0 Å². The molecule has 8 aromatic rings. The Kier molecular flexibility index (Phi) is 6.80. The maximum atomic E-state index is 5.16. The van der Waals surface area contributed by atoms with E-state index in [1.54, 1.807) is 0 Å². The van der Waals surface area contributed by atoms with Crippen LogP contribution in [-0.2, 0) is 5.41 Å². The number of fused-ring (bicyclic) bond motifs is 5. The molecule has 0 atom stereocenters. The van der Waals surface area contributed by atoms with Crippen molar-refractivity contribution in [2.45, 2.75) is 19.3 Å². The molecule has 3 nitrogen and oxygen atoms in total. The molecule has 1 aliphatic carbocycles. The van der Waals surface area contributed by atoms with Gasteiger partial charge in [0.05, 0.1) is 17.1 Å². The summed E-state index contributed by atoms with van der Waals surface area (Å²) in [7, 11) is 0. The first-order chi connectivity index (χ1) is 24.0. The monoisotopic (exact) mass is 627 g/mol. The summed E-state index contributed by atoms with van der Waals surface area (Å²) in [5.74, 6) is 0.650. The Morgan fingerprint density at radius 3 is 1.82 bits per heavy atom. The van der Waals surface area contributed by atoms with Crippen LogP contribution < -0.4 is 0 Å². The minimum absolute atomic E-state index is 0.0987. The lowest BCUT2D eigenvalue weighted by Gasteiger charge is -2.21. The van der Waals surface area contributed by atoms with E-state index in [2.05, 4.69) is 129 Å². The van der Waals surface area contributed by atoms with Crippen LogP contribution in [0.5, 0.6) is 0 Å². The third-order valence-corrected chi connectivity index (χ3v) is 9.95. The highest BCUT2D eigenvalue weighted by Crippen LogP contribution is 2.54. The zero-order chi connectivity index (χ0) is 33.0. The second-order valence-electron chi connectivity index (χ2n) is 13.3. The van der Waals surface area contributed by atoms with Crippen LogP contribution in [0.2, 0.25) is 0 Å². The number of benzene rings is 6. The van der Waals surface area contributed by atoms with Gasteiger partial charge in [-0.05, 0) is 68.4 Å². The van der Waals surface area contributed by atoms with Gasteiger partial charge in [0.1, 0.15) is 0 Å². The van der Waals surface area contributed by atoms with E-state index in [0.29, 0.717) is 5.82 Å². The van der Waals surface area contributed by atoms with Crippen molar-refractivity contribution in [3.8, 4) is 67.4 Å². The molecule has 0 aliphatic heterocycles. The standard InChI is InChI=1S/C46H33N3/c1-46(2)38-22-12-21-37(44(38)43-36-20-10-9-13-30(36)23-25-39(43)46)33-18-11-19-34(27-33)42-28-41(32-16-7-4-8-17-32)48-45(49-42)35-24-26-40(47-29-35)31-14-5-3-6-15-31/h3-29H,1-2H3. The Balaban J connectivity index is 1.19. The third kappa shape index (κ3) is 4.94. The van der Waals surface area contributed by atoms with Gasteiger partial charge in [-0.3, -0.25) is 4.98 Å². The zero-order valence-electron chi connectivity index (χ0n) is 27.4. The third-order valence-electron chi connectivity index (χ3n) is 9.95. The molecular formula is C46H33N3. The van der Waals surface area contributed by atoms with Crippen LogP contribution >= 0.6 is 0 Å². The van der Waals surface area contributed by atoms with Crippen molar-refractivity contribution < 1.29 is 0 Å². The molecule has 0 spiro atoms. The minimum Gasteiger partial charge on any atom is -0.255 e. The molecule has 1 aliphatic rings. The molecule has 0 saturated heterocycles. The largest absolute Gasteiger partial charge is 0.255 e. The molecule has 0 bridgehead atoms. The van der Waals surface area contributed by atoms with Crippen LogP contribution in [0.1, 0.15) is 25.0 Å². The summed E-state index contributed by atoms with van der Waals surface area (Å²) in [4.78, 5) is 15.0. The number of nitrogens with zero attached hydrogens (tertiary/aromatic N) is 3. The average Bonchev–Trinajstić information content (AvgIpc) is 3.42. The molecule has 0 saturated carbocycles. The maximum Gasteiger partial charge on any atom is 0.161 e. The molecule has 232 valence electrons. The Morgan fingerprint density at radius 1 is 0.429 bits per heavy atom. The molecule has 2 aromatic heterocycles. The molecule has 3 heteroatoms. The van der Waals surface area contributed by atoms with E-state index in [1.165, 1.54) is 44.2 Å². The second kappa shape index (κ2) is 11.5. The molecule has 0 amide bonds. The van der Waals surface area contributed by atoms with Gasteiger partial charge >= 0.3 is 0 Å². The average molecular weight is 628 g/mol. The van der Waals surface area contributed by atoms with Crippen molar-refractivity contribution in [2.24, 2.45) is 0 Å².